The van der Waals surface area contributed by atoms with Crippen LogP contribution in [-0.4, -0.2) is 31.2 Å². The van der Waals surface area contributed by atoms with E-state index >= 15 is 0 Å². The number of aromatic nitrogens is 1. The van der Waals surface area contributed by atoms with E-state index in [1.54, 1.807) is 43.6 Å². The van der Waals surface area contributed by atoms with Gasteiger partial charge in [-0.1, -0.05) is 12.1 Å². The van der Waals surface area contributed by atoms with Crippen molar-refractivity contribution in [3.63, 3.8) is 0 Å². The van der Waals surface area contributed by atoms with Crippen LogP contribution in [0.15, 0.2) is 60.8 Å². The standard InChI is InChI=1S/C21H19N3O4/c1-26-18-5-3-2-4-16(18)23-15-6-8-17(22-13-15)21(25)24-14-7-9-19-20(12-14)28-11-10-27-19/h2-9,12-13,23H,10-11H2,1H3,(H,24,25). The Kier molecular flexibility index (Phi) is 4.97. The van der Waals surface area contributed by atoms with Gasteiger partial charge in [-0.3, -0.25) is 4.79 Å². The topological polar surface area (TPSA) is 81.7 Å². The number of nitrogens with one attached hydrogen (secondary N) is 2. The molecule has 1 amide bonds. The normalized spacial score (nSPS) is 12.2. The lowest BCUT2D eigenvalue weighted by Gasteiger charge is -2.19. The highest BCUT2D eigenvalue weighted by molar-refractivity contribution is 6.03. The second-order valence-electron chi connectivity index (χ2n) is 6.07. The summed E-state index contributed by atoms with van der Waals surface area (Å²) in [5.41, 5.74) is 2.49. The molecule has 1 aliphatic heterocycles. The molecule has 7 heteroatoms. The first-order valence-corrected chi connectivity index (χ1v) is 8.80. The Hall–Kier alpha value is -3.74. The molecule has 1 aliphatic rings. The van der Waals surface area contributed by atoms with Gasteiger partial charge >= 0.3 is 0 Å². The summed E-state index contributed by atoms with van der Waals surface area (Å²) in [6.45, 7) is 1.02. The van der Waals surface area contributed by atoms with Crippen LogP contribution in [0, 0.1) is 0 Å². The molecule has 2 N–H and O–H groups in total. The minimum Gasteiger partial charge on any atom is -0.495 e. The van der Waals surface area contributed by atoms with Gasteiger partial charge in [0, 0.05) is 11.8 Å². The highest BCUT2D eigenvalue weighted by Crippen LogP contribution is 2.32. The lowest BCUT2D eigenvalue weighted by atomic mass is 10.2. The molecule has 0 saturated heterocycles. The predicted molar refractivity (Wildman–Crippen MR) is 106 cm³/mol. The lowest BCUT2D eigenvalue weighted by Crippen LogP contribution is -2.17. The quantitative estimate of drug-likeness (QED) is 0.703. The van der Waals surface area contributed by atoms with Crippen LogP contribution in [0.3, 0.4) is 0 Å². The summed E-state index contributed by atoms with van der Waals surface area (Å²) in [6, 6.07) is 16.3. The van der Waals surface area contributed by atoms with Crippen molar-refractivity contribution in [2.75, 3.05) is 31.0 Å². The van der Waals surface area contributed by atoms with Gasteiger partial charge in [0.2, 0.25) is 0 Å². The molecule has 0 bridgehead atoms. The number of carbonyl (C=O) groups excluding carboxylic acids is 1. The third kappa shape index (κ3) is 3.83. The van der Waals surface area contributed by atoms with Crippen molar-refractivity contribution in [1.29, 1.82) is 0 Å². The van der Waals surface area contributed by atoms with E-state index in [1.807, 2.05) is 24.3 Å². The average Bonchev–Trinajstić information content (AvgIpc) is 2.74. The van der Waals surface area contributed by atoms with Crippen LogP contribution in [0.2, 0.25) is 0 Å². The van der Waals surface area contributed by atoms with E-state index < -0.39 is 0 Å². The Bertz CT molecular complexity index is 989. The fourth-order valence-corrected chi connectivity index (χ4v) is 2.82. The second-order valence-corrected chi connectivity index (χ2v) is 6.07. The zero-order chi connectivity index (χ0) is 19.3. The maximum Gasteiger partial charge on any atom is 0.274 e. The van der Waals surface area contributed by atoms with Crippen molar-refractivity contribution in [3.8, 4) is 17.2 Å². The van der Waals surface area contributed by atoms with Crippen LogP contribution in [0.1, 0.15) is 10.5 Å². The molecule has 142 valence electrons. The van der Waals surface area contributed by atoms with Crippen LogP contribution >= 0.6 is 0 Å². The Balaban J connectivity index is 1.44. The van der Waals surface area contributed by atoms with Crippen LogP contribution in [0.4, 0.5) is 17.1 Å². The molecule has 0 aliphatic carbocycles. The van der Waals surface area contributed by atoms with Gasteiger partial charge in [-0.15, -0.1) is 0 Å². The van der Waals surface area contributed by atoms with Crippen LogP contribution in [0.25, 0.3) is 0 Å². The molecule has 2 aromatic carbocycles. The summed E-state index contributed by atoms with van der Waals surface area (Å²) >= 11 is 0. The van der Waals surface area contributed by atoms with Crippen LogP contribution in [0.5, 0.6) is 17.2 Å². The fourth-order valence-electron chi connectivity index (χ4n) is 2.82. The fraction of sp³-hybridized carbons (Fsp3) is 0.143. The SMILES string of the molecule is COc1ccccc1Nc1ccc(C(=O)Nc2ccc3c(c2)OCCO3)nc1. The number of ether oxygens (including phenoxy) is 3. The van der Waals surface area contributed by atoms with E-state index in [1.165, 1.54) is 0 Å². The molecular weight excluding hydrogens is 358 g/mol. The molecule has 4 rings (SSSR count). The lowest BCUT2D eigenvalue weighted by molar-refractivity contribution is 0.102. The first-order valence-electron chi connectivity index (χ1n) is 8.80. The monoisotopic (exact) mass is 377 g/mol. The summed E-state index contributed by atoms with van der Waals surface area (Å²) < 4.78 is 16.3. The van der Waals surface area contributed by atoms with Gasteiger partial charge < -0.3 is 24.8 Å². The first-order chi connectivity index (χ1) is 13.7. The average molecular weight is 377 g/mol. The molecule has 0 fully saturated rings. The summed E-state index contributed by atoms with van der Waals surface area (Å²) in [6.07, 6.45) is 1.60. The van der Waals surface area contributed by atoms with Crippen LogP contribution in [-0.2, 0) is 0 Å². The number of methoxy groups -OCH3 is 1. The molecule has 0 saturated carbocycles. The van der Waals surface area contributed by atoms with Crippen LogP contribution < -0.4 is 24.8 Å². The van der Waals surface area contributed by atoms with E-state index in [0.717, 1.165) is 17.1 Å². The number of carbonyl (C=O) groups is 1. The van der Waals surface area contributed by atoms with Crippen molar-refractivity contribution >= 4 is 23.0 Å². The van der Waals surface area contributed by atoms with E-state index in [9.17, 15) is 4.79 Å². The Morgan fingerprint density at radius 2 is 1.79 bits per heavy atom. The zero-order valence-electron chi connectivity index (χ0n) is 15.3. The highest BCUT2D eigenvalue weighted by Gasteiger charge is 2.14. The number of anilines is 3. The van der Waals surface area contributed by atoms with Gasteiger partial charge in [-0.25, -0.2) is 4.98 Å². The summed E-state index contributed by atoms with van der Waals surface area (Å²) in [5.74, 6) is 1.71. The maximum atomic E-state index is 12.5. The molecule has 1 aromatic heterocycles. The number of hydrogen-bond donors (Lipinski definition) is 2. The van der Waals surface area contributed by atoms with Crippen molar-refractivity contribution in [2.45, 2.75) is 0 Å². The van der Waals surface area contributed by atoms with E-state index in [0.29, 0.717) is 36.1 Å². The summed E-state index contributed by atoms with van der Waals surface area (Å²) in [7, 11) is 1.62. The Morgan fingerprint density at radius 1 is 1.00 bits per heavy atom. The number of rotatable bonds is 5. The van der Waals surface area contributed by atoms with Gasteiger partial charge in [-0.2, -0.15) is 0 Å². The molecule has 2 heterocycles. The molecule has 0 unspecified atom stereocenters. The largest absolute Gasteiger partial charge is 0.495 e. The van der Waals surface area contributed by atoms with E-state index in [-0.39, 0.29) is 5.91 Å². The first kappa shape index (κ1) is 17.7. The second kappa shape index (κ2) is 7.87. The van der Waals surface area contributed by atoms with E-state index in [2.05, 4.69) is 15.6 Å². The molecule has 0 atom stereocenters. The number of nitrogens with zero attached hydrogens (tertiary/aromatic N) is 1. The Labute approximate surface area is 162 Å². The predicted octanol–water partition coefficient (Wildman–Crippen LogP) is 3.86. The van der Waals surface area contributed by atoms with E-state index in [4.69, 9.17) is 14.2 Å². The van der Waals surface area contributed by atoms with Crippen molar-refractivity contribution in [3.05, 3.63) is 66.5 Å². The van der Waals surface area contributed by atoms with Gasteiger partial charge in [0.1, 0.15) is 24.7 Å². The molecule has 7 nitrogen and oxygen atoms in total. The zero-order valence-corrected chi connectivity index (χ0v) is 15.3. The molecule has 0 spiro atoms. The summed E-state index contributed by atoms with van der Waals surface area (Å²) in [4.78, 5) is 16.7. The molecule has 3 aromatic rings. The number of para-hydroxylation sites is 2. The van der Waals surface area contributed by atoms with Crippen molar-refractivity contribution in [2.24, 2.45) is 0 Å². The molecule has 0 radical (unpaired) electrons. The minimum atomic E-state index is -0.305. The number of benzene rings is 2. The van der Waals surface area contributed by atoms with Gasteiger partial charge in [0.25, 0.3) is 5.91 Å². The molecular formula is C21H19N3O4. The third-order valence-corrected chi connectivity index (χ3v) is 4.18. The minimum absolute atomic E-state index is 0.305. The number of pyridine rings is 1. The maximum absolute atomic E-state index is 12.5. The van der Waals surface area contributed by atoms with Crippen molar-refractivity contribution in [1.82, 2.24) is 4.98 Å². The summed E-state index contributed by atoms with van der Waals surface area (Å²) in [5, 5.41) is 6.04. The van der Waals surface area contributed by atoms with Gasteiger partial charge in [0.05, 0.1) is 24.7 Å². The third-order valence-electron chi connectivity index (χ3n) is 4.18. The molecule has 28 heavy (non-hydrogen) atoms. The van der Waals surface area contributed by atoms with Crippen molar-refractivity contribution < 1.29 is 19.0 Å². The number of amides is 1. The van der Waals surface area contributed by atoms with Gasteiger partial charge in [-0.05, 0) is 36.4 Å². The van der Waals surface area contributed by atoms with Gasteiger partial charge in [0.15, 0.2) is 11.5 Å². The number of hydrogen-bond acceptors (Lipinski definition) is 6. The Morgan fingerprint density at radius 3 is 2.57 bits per heavy atom. The highest BCUT2D eigenvalue weighted by atomic mass is 16.6. The number of fused-ring (bicyclic) bond motifs is 1. The smallest absolute Gasteiger partial charge is 0.274 e.